The maximum Gasteiger partial charge on any atom is 0.353 e. The summed E-state index contributed by atoms with van der Waals surface area (Å²) in [5.74, 6) is 1.76. The van der Waals surface area contributed by atoms with Gasteiger partial charge in [0.05, 0.1) is 51.7 Å². The van der Waals surface area contributed by atoms with E-state index in [2.05, 4.69) is 37.7 Å². The smallest absolute Gasteiger partial charge is 0.353 e. The molecule has 23 heteroatoms. The zero-order chi connectivity index (χ0) is 57.5. The molecule has 9 N–H and O–H groups in total. The molecule has 0 fully saturated rings. The van der Waals surface area contributed by atoms with Gasteiger partial charge in [-0.05, 0) is 43.6 Å². The zero-order valence-electron chi connectivity index (χ0n) is 49.0. The Bertz CT molecular complexity index is 2010. The number of H-pyrrole nitrogens is 1. The molecule has 0 saturated heterocycles. The quantitative estimate of drug-likeness (QED) is 0.0265. The average Bonchev–Trinajstić information content (AvgIpc) is 3.39. The molecule has 2 heterocycles. The number of nitrogens with zero attached hydrogens (tertiary/aromatic N) is 3. The van der Waals surface area contributed by atoms with Crippen molar-refractivity contribution < 1.29 is 62.6 Å². The molecule has 0 aliphatic heterocycles. The third-order valence-electron chi connectivity index (χ3n) is 13.0. The Morgan fingerprint density at radius 1 is 0.519 bits per heavy atom. The minimum Gasteiger partial charge on any atom is -0.412 e. The van der Waals surface area contributed by atoms with Gasteiger partial charge in [-0.2, -0.15) is 4.98 Å². The molecule has 0 radical (unpaired) electrons. The topological polar surface area (TPSA) is 318 Å². The summed E-state index contributed by atoms with van der Waals surface area (Å²) in [5.41, 5.74) is 3.66. The van der Waals surface area contributed by atoms with Crippen molar-refractivity contribution in [2.75, 3.05) is 71.3 Å². The van der Waals surface area contributed by atoms with Gasteiger partial charge < -0.3 is 59.2 Å². The van der Waals surface area contributed by atoms with Crippen LogP contribution in [-0.4, -0.2) is 122 Å². The van der Waals surface area contributed by atoms with Crippen LogP contribution in [0.25, 0.3) is 0 Å². The van der Waals surface area contributed by atoms with Crippen LogP contribution in [0.4, 0.5) is 5.82 Å². The van der Waals surface area contributed by atoms with Crippen molar-refractivity contribution >= 4 is 21.0 Å². The lowest BCUT2D eigenvalue weighted by Crippen LogP contribution is -2.34. The van der Waals surface area contributed by atoms with Crippen LogP contribution >= 0.6 is 15.2 Å². The Labute approximate surface area is 472 Å². The third-order valence-corrected chi connectivity index (χ3v) is 15.2. The minimum atomic E-state index is -4.01. The second-order valence-electron chi connectivity index (χ2n) is 21.5. The lowest BCUT2D eigenvalue weighted by molar-refractivity contribution is 0.0162. The van der Waals surface area contributed by atoms with Gasteiger partial charge in [-0.15, -0.1) is 0 Å². The van der Waals surface area contributed by atoms with Crippen molar-refractivity contribution in [2.24, 2.45) is 11.8 Å². The molecule has 4 unspecified atom stereocenters. The van der Waals surface area contributed by atoms with Crippen molar-refractivity contribution in [3.63, 3.8) is 0 Å². The van der Waals surface area contributed by atoms with Crippen molar-refractivity contribution in [3.05, 3.63) is 55.8 Å². The first-order valence-corrected chi connectivity index (χ1v) is 33.1. The number of aliphatic hydroxyl groups excluding tert-OH is 2. The van der Waals surface area contributed by atoms with Crippen LogP contribution in [0.15, 0.2) is 38.9 Å². The molecule has 0 amide bonds. The number of nitrogens with two attached hydrogens (primary N) is 1. The molecule has 79 heavy (non-hydrogen) atoms. The molecular weight excluding hydrogens is 1060 g/mol. The fourth-order valence-corrected chi connectivity index (χ4v) is 10.2. The van der Waals surface area contributed by atoms with Gasteiger partial charge in [-0.3, -0.25) is 28.0 Å². The molecule has 0 bridgehead atoms. The molecule has 2 aromatic heterocycles. The summed E-state index contributed by atoms with van der Waals surface area (Å²) in [7, 11) is -8.00. The number of hydrogen-bond acceptors (Lipinski definition) is 15. The van der Waals surface area contributed by atoms with Crippen molar-refractivity contribution in [2.45, 2.75) is 233 Å². The molecule has 21 nitrogen and oxygen atoms in total. The van der Waals surface area contributed by atoms with Gasteiger partial charge in [-0.25, -0.2) is 9.59 Å². The maximum atomic E-state index is 12.2. The molecule has 0 aromatic carbocycles. The van der Waals surface area contributed by atoms with Crippen LogP contribution < -0.4 is 22.7 Å². The third kappa shape index (κ3) is 46.5. The summed E-state index contributed by atoms with van der Waals surface area (Å²) >= 11 is 0. The fraction of sp³-hybridized carbons (Fsp3) is 0.857. The van der Waals surface area contributed by atoms with E-state index in [-0.39, 0.29) is 37.6 Å². The Balaban J connectivity index is 0.00000152. The van der Waals surface area contributed by atoms with E-state index in [9.17, 15) is 43.5 Å². The summed E-state index contributed by atoms with van der Waals surface area (Å²) in [6, 6.07) is 2.61. The monoisotopic (exact) mass is 1170 g/mol. The number of nitrogens with one attached hydrogen (secondary N) is 1. The number of aromatic nitrogens is 4. The van der Waals surface area contributed by atoms with E-state index in [4.69, 9.17) is 33.7 Å². The van der Waals surface area contributed by atoms with E-state index < -0.39 is 70.2 Å². The molecular formula is C56H109N5O16P2. The second kappa shape index (κ2) is 49.9. The molecule has 0 aliphatic carbocycles. The van der Waals surface area contributed by atoms with E-state index >= 15 is 0 Å². The standard InChI is InChI=1S/C28H54N3O7P.C28H53N2O8P.H2O/c1-25(2)16-13-11-9-7-5-3-4-6-8-10-12-14-19-36-20-15-21-38-39(34,35)24-37-26(23-32)22-31-18-17-27(29)30-28(31)33;1-25(2)16-13-11-9-7-5-3-4-6-8-10-12-14-19-36-20-15-21-38-39(34,35)24-37-26(23-31)22-30-18-17-27(32)29-28(30)33;/h17-18,25-26,32H,3-16,19-24H2,1-2H3,(H,34,35)(H2,29,30,33);17-18,25-26,31H,3-16,19-24H2,1-2H3,(H,34,35)(H,29,32,33);1H2. The first kappa shape index (κ1) is 76.4. The van der Waals surface area contributed by atoms with Crippen LogP contribution in [-0.2, 0) is 50.2 Å². The highest BCUT2D eigenvalue weighted by Gasteiger charge is 2.24. The number of unbranched alkanes of at least 4 members (excludes halogenated alkanes) is 22. The number of ether oxygens (including phenoxy) is 4. The van der Waals surface area contributed by atoms with E-state index in [0.29, 0.717) is 39.3 Å². The highest BCUT2D eigenvalue weighted by atomic mass is 31.2. The minimum absolute atomic E-state index is 0. The molecule has 2 aromatic rings. The van der Waals surface area contributed by atoms with E-state index in [1.165, 1.54) is 171 Å². The second-order valence-corrected chi connectivity index (χ2v) is 25.1. The van der Waals surface area contributed by atoms with Gasteiger partial charge in [0.2, 0.25) is 0 Å². The van der Waals surface area contributed by atoms with E-state index in [0.717, 1.165) is 41.7 Å². The van der Waals surface area contributed by atoms with Crippen LogP contribution in [0, 0.1) is 11.8 Å². The number of hydrogen-bond donors (Lipinski definition) is 6. The van der Waals surface area contributed by atoms with E-state index in [1.807, 2.05) is 0 Å². The summed E-state index contributed by atoms with van der Waals surface area (Å²) in [4.78, 5) is 60.2. The van der Waals surface area contributed by atoms with Crippen molar-refractivity contribution in [1.82, 2.24) is 19.1 Å². The maximum absolute atomic E-state index is 12.2. The number of rotatable bonds is 52. The number of nitrogen functional groups attached to an aromatic ring is 1. The van der Waals surface area contributed by atoms with Gasteiger partial charge in [-0.1, -0.05) is 182 Å². The highest BCUT2D eigenvalue weighted by Crippen LogP contribution is 2.43. The van der Waals surface area contributed by atoms with Crippen LogP contribution in [0.5, 0.6) is 0 Å². The van der Waals surface area contributed by atoms with Gasteiger partial charge in [0, 0.05) is 44.9 Å². The Morgan fingerprint density at radius 3 is 1.22 bits per heavy atom. The van der Waals surface area contributed by atoms with Crippen molar-refractivity contribution in [1.29, 1.82) is 0 Å². The SMILES string of the molecule is CC(C)CCCCCCCCCCCCCCOCCCOP(=O)(O)COC(CO)Cn1ccc(=O)[nH]c1=O.CC(C)CCCCCCCCCCCCCCOCCCOP(=O)(O)COC(CO)Cn1ccc(N)nc1=O.O. The van der Waals surface area contributed by atoms with Crippen LogP contribution in [0.1, 0.15) is 207 Å². The number of anilines is 1. The molecule has 0 aliphatic rings. The molecule has 2 rings (SSSR count). The molecule has 0 spiro atoms. The van der Waals surface area contributed by atoms with Crippen LogP contribution in [0.2, 0.25) is 0 Å². The van der Waals surface area contributed by atoms with Crippen molar-refractivity contribution in [3.8, 4) is 0 Å². The fourth-order valence-electron chi connectivity index (χ4n) is 8.40. The summed E-state index contributed by atoms with van der Waals surface area (Å²) in [6.45, 7) is 10.6. The van der Waals surface area contributed by atoms with Crippen LogP contribution in [0.3, 0.4) is 0 Å². The largest absolute Gasteiger partial charge is 0.412 e. The Kier molecular flexibility index (Phi) is 48.3. The first-order chi connectivity index (χ1) is 37.5. The predicted octanol–water partition coefficient (Wildman–Crippen LogP) is 9.88. The molecule has 0 saturated carbocycles. The Morgan fingerprint density at radius 2 is 0.861 bits per heavy atom. The Hall–Kier alpha value is -2.62. The summed E-state index contributed by atoms with van der Waals surface area (Å²) < 4.78 is 58.6. The molecule has 464 valence electrons. The lowest BCUT2D eigenvalue weighted by atomic mass is 10.0. The lowest BCUT2D eigenvalue weighted by Gasteiger charge is -2.19. The number of aromatic amines is 1. The summed E-state index contributed by atoms with van der Waals surface area (Å²) in [6.07, 6.45) is 34.8. The van der Waals surface area contributed by atoms with Gasteiger partial charge in [0.1, 0.15) is 18.5 Å². The van der Waals surface area contributed by atoms with Gasteiger partial charge in [0.15, 0.2) is 0 Å². The van der Waals surface area contributed by atoms with Gasteiger partial charge >= 0.3 is 26.6 Å². The first-order valence-electron chi connectivity index (χ1n) is 29.6. The normalized spacial score (nSPS) is 13.9. The highest BCUT2D eigenvalue weighted by molar-refractivity contribution is 7.52. The number of aliphatic hydroxyl groups is 2. The predicted molar refractivity (Wildman–Crippen MR) is 314 cm³/mol. The summed E-state index contributed by atoms with van der Waals surface area (Å²) in [5, 5.41) is 18.9. The van der Waals surface area contributed by atoms with Gasteiger partial charge in [0.25, 0.3) is 5.56 Å². The average molecular weight is 1170 g/mol. The molecule has 4 atom stereocenters. The zero-order valence-corrected chi connectivity index (χ0v) is 50.8. The van der Waals surface area contributed by atoms with E-state index in [1.54, 1.807) is 0 Å².